The van der Waals surface area contributed by atoms with Crippen LogP contribution in [0.2, 0.25) is 0 Å². The molecule has 0 unspecified atom stereocenters. The Morgan fingerprint density at radius 1 is 1.61 bits per heavy atom. The highest BCUT2D eigenvalue weighted by atomic mass is 16.5. The Morgan fingerprint density at radius 3 is 2.83 bits per heavy atom. The standard InChI is InChI=1S/C9H13N5O4/c10-5-1-2-14(9(16)12-5)8-6(11)7(13-17)4(3-15)18-8/h1-2,4,6,8,15,17H,3,11H2,(H2,10,12,16)/b13-7+/t4-,6-,8-/m1/s1. The molecular weight excluding hydrogens is 242 g/mol. The van der Waals surface area contributed by atoms with Crippen LogP contribution in [0.15, 0.2) is 22.2 Å². The predicted molar refractivity (Wildman–Crippen MR) is 61.1 cm³/mol. The van der Waals surface area contributed by atoms with E-state index in [1.807, 2.05) is 0 Å². The van der Waals surface area contributed by atoms with Gasteiger partial charge < -0.3 is 26.5 Å². The monoisotopic (exact) mass is 255 g/mol. The number of nitrogen functional groups attached to an aromatic ring is 1. The second-order valence-corrected chi connectivity index (χ2v) is 3.79. The van der Waals surface area contributed by atoms with Gasteiger partial charge in [0, 0.05) is 6.20 Å². The molecule has 3 atom stereocenters. The Bertz CT molecular complexity index is 528. The lowest BCUT2D eigenvalue weighted by Gasteiger charge is -2.16. The molecule has 2 rings (SSSR count). The molecule has 0 radical (unpaired) electrons. The summed E-state index contributed by atoms with van der Waals surface area (Å²) in [4.78, 5) is 15.2. The minimum Gasteiger partial charge on any atom is -0.411 e. The van der Waals surface area contributed by atoms with E-state index < -0.39 is 30.7 Å². The van der Waals surface area contributed by atoms with Crippen molar-refractivity contribution in [1.29, 1.82) is 0 Å². The van der Waals surface area contributed by atoms with Crippen LogP contribution in [-0.4, -0.2) is 44.3 Å². The van der Waals surface area contributed by atoms with E-state index in [9.17, 15) is 4.79 Å². The topological polar surface area (TPSA) is 149 Å². The maximum atomic E-state index is 11.6. The summed E-state index contributed by atoms with van der Waals surface area (Å²) in [6.07, 6.45) is -0.364. The molecule has 1 fully saturated rings. The van der Waals surface area contributed by atoms with Gasteiger partial charge in [0.2, 0.25) is 0 Å². The Hall–Kier alpha value is -1.97. The van der Waals surface area contributed by atoms with E-state index in [4.69, 9.17) is 26.5 Å². The summed E-state index contributed by atoms with van der Waals surface area (Å²) in [5.74, 6) is 0.0811. The molecule has 9 heteroatoms. The lowest BCUT2D eigenvalue weighted by atomic mass is 10.1. The number of oxime groups is 1. The Kier molecular flexibility index (Phi) is 3.28. The number of aliphatic hydroxyl groups is 1. The molecule has 2 heterocycles. The van der Waals surface area contributed by atoms with Crippen molar-refractivity contribution >= 4 is 11.5 Å². The molecule has 0 saturated carbocycles. The molecule has 1 saturated heterocycles. The molecule has 18 heavy (non-hydrogen) atoms. The maximum Gasteiger partial charge on any atom is 0.351 e. The van der Waals surface area contributed by atoms with Crippen LogP contribution in [0.25, 0.3) is 0 Å². The Balaban J connectivity index is 2.38. The van der Waals surface area contributed by atoms with Crippen molar-refractivity contribution in [2.75, 3.05) is 12.3 Å². The number of hydrogen-bond acceptors (Lipinski definition) is 8. The highest BCUT2D eigenvalue weighted by molar-refractivity contribution is 5.94. The highest BCUT2D eigenvalue weighted by Gasteiger charge is 2.41. The molecule has 0 bridgehead atoms. The lowest BCUT2D eigenvalue weighted by Crippen LogP contribution is -2.39. The molecule has 1 aliphatic heterocycles. The Morgan fingerprint density at radius 2 is 2.33 bits per heavy atom. The number of rotatable bonds is 2. The van der Waals surface area contributed by atoms with E-state index >= 15 is 0 Å². The number of aromatic nitrogens is 2. The molecule has 1 aliphatic rings. The van der Waals surface area contributed by atoms with Crippen LogP contribution in [-0.2, 0) is 4.74 Å². The number of nitrogens with zero attached hydrogens (tertiary/aromatic N) is 3. The Labute approximate surface area is 101 Å². The fourth-order valence-electron chi connectivity index (χ4n) is 1.81. The van der Waals surface area contributed by atoms with E-state index in [0.29, 0.717) is 0 Å². The van der Waals surface area contributed by atoms with E-state index in [2.05, 4.69) is 10.1 Å². The van der Waals surface area contributed by atoms with Gasteiger partial charge in [0.25, 0.3) is 0 Å². The smallest absolute Gasteiger partial charge is 0.351 e. The van der Waals surface area contributed by atoms with Crippen LogP contribution in [0.1, 0.15) is 6.23 Å². The first-order valence-corrected chi connectivity index (χ1v) is 5.17. The van der Waals surface area contributed by atoms with Crippen molar-refractivity contribution < 1.29 is 15.1 Å². The second kappa shape index (κ2) is 4.72. The van der Waals surface area contributed by atoms with E-state index in [0.717, 1.165) is 4.57 Å². The van der Waals surface area contributed by atoms with Crippen LogP contribution >= 0.6 is 0 Å². The average Bonchev–Trinajstić information content (AvgIpc) is 2.66. The normalized spacial score (nSPS) is 29.9. The number of nitrogens with two attached hydrogens (primary N) is 2. The van der Waals surface area contributed by atoms with Gasteiger partial charge in [-0.25, -0.2) is 4.79 Å². The van der Waals surface area contributed by atoms with Gasteiger partial charge in [0.15, 0.2) is 6.23 Å². The van der Waals surface area contributed by atoms with Crippen molar-refractivity contribution in [3.8, 4) is 0 Å². The van der Waals surface area contributed by atoms with E-state index in [1.165, 1.54) is 12.3 Å². The van der Waals surface area contributed by atoms with Gasteiger partial charge in [0.1, 0.15) is 17.6 Å². The van der Waals surface area contributed by atoms with E-state index in [1.54, 1.807) is 0 Å². The zero-order valence-corrected chi connectivity index (χ0v) is 9.30. The third-order valence-corrected chi connectivity index (χ3v) is 2.69. The number of anilines is 1. The van der Waals surface area contributed by atoms with Gasteiger partial charge in [-0.1, -0.05) is 5.16 Å². The molecule has 1 aromatic heterocycles. The largest absolute Gasteiger partial charge is 0.411 e. The fraction of sp³-hybridized carbons (Fsp3) is 0.444. The zero-order chi connectivity index (χ0) is 13.3. The van der Waals surface area contributed by atoms with Gasteiger partial charge in [-0.15, -0.1) is 0 Å². The summed E-state index contributed by atoms with van der Waals surface area (Å²) in [7, 11) is 0. The molecule has 6 N–H and O–H groups in total. The quantitative estimate of drug-likeness (QED) is 0.348. The summed E-state index contributed by atoms with van der Waals surface area (Å²) >= 11 is 0. The van der Waals surface area contributed by atoms with Gasteiger partial charge in [-0.05, 0) is 6.07 Å². The third kappa shape index (κ3) is 1.94. The van der Waals surface area contributed by atoms with Crippen LogP contribution in [0.4, 0.5) is 5.82 Å². The van der Waals surface area contributed by atoms with Crippen LogP contribution < -0.4 is 17.2 Å². The summed E-state index contributed by atoms with van der Waals surface area (Å²) in [5.41, 5.74) is 10.6. The first-order chi connectivity index (χ1) is 8.58. The first-order valence-electron chi connectivity index (χ1n) is 5.17. The minimum atomic E-state index is -0.895. The molecule has 1 aromatic rings. The number of hydrogen-bond donors (Lipinski definition) is 4. The minimum absolute atomic E-state index is 0.0752. The van der Waals surface area contributed by atoms with Crippen molar-refractivity contribution in [1.82, 2.24) is 9.55 Å². The highest BCUT2D eigenvalue weighted by Crippen LogP contribution is 2.24. The first kappa shape index (κ1) is 12.5. The van der Waals surface area contributed by atoms with Gasteiger partial charge >= 0.3 is 5.69 Å². The van der Waals surface area contributed by atoms with Gasteiger partial charge in [0.05, 0.1) is 12.6 Å². The molecule has 98 valence electrons. The van der Waals surface area contributed by atoms with Crippen molar-refractivity contribution in [2.45, 2.75) is 18.4 Å². The van der Waals surface area contributed by atoms with Crippen LogP contribution in [0.5, 0.6) is 0 Å². The number of aliphatic hydroxyl groups excluding tert-OH is 1. The van der Waals surface area contributed by atoms with E-state index in [-0.39, 0.29) is 11.5 Å². The summed E-state index contributed by atoms with van der Waals surface area (Å²) in [6.45, 7) is -0.402. The summed E-state index contributed by atoms with van der Waals surface area (Å²) in [5, 5.41) is 20.9. The molecular formula is C9H13N5O4. The molecule has 0 amide bonds. The van der Waals surface area contributed by atoms with Crippen molar-refractivity contribution in [3.63, 3.8) is 0 Å². The third-order valence-electron chi connectivity index (χ3n) is 2.69. The number of ether oxygens (including phenoxy) is 1. The summed E-state index contributed by atoms with van der Waals surface area (Å²) < 4.78 is 6.48. The molecule has 0 aliphatic carbocycles. The lowest BCUT2D eigenvalue weighted by molar-refractivity contribution is -0.0203. The zero-order valence-electron chi connectivity index (χ0n) is 9.30. The second-order valence-electron chi connectivity index (χ2n) is 3.79. The van der Waals surface area contributed by atoms with Crippen LogP contribution in [0, 0.1) is 0 Å². The molecule has 0 aromatic carbocycles. The average molecular weight is 255 g/mol. The fourth-order valence-corrected chi connectivity index (χ4v) is 1.81. The van der Waals surface area contributed by atoms with Crippen LogP contribution in [0.3, 0.4) is 0 Å². The van der Waals surface area contributed by atoms with Crippen molar-refractivity contribution in [2.24, 2.45) is 10.9 Å². The molecule has 0 spiro atoms. The van der Waals surface area contributed by atoms with Crippen molar-refractivity contribution in [3.05, 3.63) is 22.7 Å². The molecule has 9 nitrogen and oxygen atoms in total. The SMILES string of the molecule is Nc1ccn([C@@H]2O[C@H](CO)/C(=N\O)[C@H]2N)c(=O)n1. The van der Waals surface area contributed by atoms with Gasteiger partial charge in [-0.2, -0.15) is 4.98 Å². The van der Waals surface area contributed by atoms with Gasteiger partial charge in [-0.3, -0.25) is 4.57 Å². The summed E-state index contributed by atoms with van der Waals surface area (Å²) in [6, 6.07) is 0.565. The predicted octanol–water partition coefficient (Wildman–Crippen LogP) is -2.13. The maximum absolute atomic E-state index is 11.6.